The van der Waals surface area contributed by atoms with Crippen LogP contribution in [0.25, 0.3) is 0 Å². The van der Waals surface area contributed by atoms with E-state index in [4.69, 9.17) is 4.74 Å². The van der Waals surface area contributed by atoms with Crippen LogP contribution in [-0.4, -0.2) is 18.0 Å². The average Bonchev–Trinajstić information content (AvgIpc) is 2.38. The predicted octanol–water partition coefficient (Wildman–Crippen LogP) is 5.54. The summed E-state index contributed by atoms with van der Waals surface area (Å²) in [7, 11) is 0. The van der Waals surface area contributed by atoms with Gasteiger partial charge < -0.3 is 4.74 Å². The maximum absolute atomic E-state index is 12.0. The van der Waals surface area contributed by atoms with Crippen molar-refractivity contribution in [3.8, 4) is 0 Å². The first kappa shape index (κ1) is 18.7. The summed E-state index contributed by atoms with van der Waals surface area (Å²) in [4.78, 5) is 12.0. The highest BCUT2D eigenvalue weighted by molar-refractivity contribution is 5.79. The fourth-order valence-corrected chi connectivity index (χ4v) is 3.24. The Morgan fingerprint density at radius 1 is 0.810 bits per heavy atom. The Kier molecular flexibility index (Phi) is 6.46. The second kappa shape index (κ2) is 7.26. The zero-order chi connectivity index (χ0) is 16.1. The van der Waals surface area contributed by atoms with Crippen molar-refractivity contribution in [2.24, 2.45) is 10.8 Å². The normalized spacial score (nSPS) is 27.8. The van der Waals surface area contributed by atoms with Gasteiger partial charge in [0.1, 0.15) is 6.61 Å². The maximum atomic E-state index is 12.0. The number of ketones is 1. The molecule has 0 aliphatic carbocycles. The molecule has 21 heavy (non-hydrogen) atoms. The van der Waals surface area contributed by atoms with Gasteiger partial charge in [-0.05, 0) is 37.5 Å². The lowest BCUT2D eigenvalue weighted by atomic mass is 9.58. The molecule has 1 aliphatic rings. The molecule has 0 aromatic heterocycles. The summed E-state index contributed by atoms with van der Waals surface area (Å²) < 4.78 is 6.09. The third-order valence-corrected chi connectivity index (χ3v) is 6.30. The van der Waals surface area contributed by atoms with Crippen LogP contribution < -0.4 is 0 Å². The number of rotatable bonds is 0. The molecular formula is C19H36O2. The monoisotopic (exact) mass is 296 g/mol. The molecule has 0 aromatic carbocycles. The van der Waals surface area contributed by atoms with Gasteiger partial charge in [0.15, 0.2) is 5.78 Å². The summed E-state index contributed by atoms with van der Waals surface area (Å²) >= 11 is 0. The first-order valence-electron chi connectivity index (χ1n) is 8.76. The molecule has 0 N–H and O–H groups in total. The molecule has 1 saturated heterocycles. The second-order valence-corrected chi connectivity index (χ2v) is 8.47. The van der Waals surface area contributed by atoms with Gasteiger partial charge in [-0.2, -0.15) is 0 Å². The molecule has 1 fully saturated rings. The topological polar surface area (TPSA) is 26.3 Å². The number of ether oxygens (including phenoxy) is 1. The molecule has 0 radical (unpaired) electrons. The van der Waals surface area contributed by atoms with Crippen molar-refractivity contribution in [1.29, 1.82) is 0 Å². The van der Waals surface area contributed by atoms with E-state index in [-0.39, 0.29) is 28.8 Å². The predicted molar refractivity (Wildman–Crippen MR) is 89.5 cm³/mol. The summed E-state index contributed by atoms with van der Waals surface area (Å²) in [6, 6.07) is 0. The van der Waals surface area contributed by atoms with Crippen LogP contribution >= 0.6 is 0 Å². The Bertz CT molecular complexity index is 339. The van der Waals surface area contributed by atoms with Gasteiger partial charge in [0.2, 0.25) is 0 Å². The first-order chi connectivity index (χ1) is 9.60. The zero-order valence-electron chi connectivity index (χ0n) is 15.2. The molecule has 0 aromatic rings. The number of Topliss-reactive ketones (excluding diaryl/α,β-unsaturated/α-hetero) is 1. The van der Waals surface area contributed by atoms with E-state index in [2.05, 4.69) is 41.5 Å². The van der Waals surface area contributed by atoms with E-state index in [9.17, 15) is 4.79 Å². The molecule has 0 saturated carbocycles. The molecule has 0 unspecified atom stereocenters. The third-order valence-electron chi connectivity index (χ3n) is 6.30. The molecule has 124 valence electrons. The van der Waals surface area contributed by atoms with Gasteiger partial charge in [0.05, 0.1) is 5.60 Å². The Morgan fingerprint density at radius 3 is 1.95 bits per heavy atom. The van der Waals surface area contributed by atoms with Gasteiger partial charge in [-0.25, -0.2) is 0 Å². The van der Waals surface area contributed by atoms with Crippen LogP contribution in [0.5, 0.6) is 0 Å². The van der Waals surface area contributed by atoms with Crippen LogP contribution in [0.15, 0.2) is 0 Å². The van der Waals surface area contributed by atoms with Crippen LogP contribution in [0.3, 0.4) is 0 Å². The summed E-state index contributed by atoms with van der Waals surface area (Å²) in [6.45, 7) is 13.9. The van der Waals surface area contributed by atoms with Crippen molar-refractivity contribution >= 4 is 5.78 Å². The lowest BCUT2D eigenvalue weighted by Gasteiger charge is -2.52. The van der Waals surface area contributed by atoms with E-state index in [0.29, 0.717) is 6.42 Å². The summed E-state index contributed by atoms with van der Waals surface area (Å²) in [5, 5.41) is 0. The van der Waals surface area contributed by atoms with Crippen LogP contribution in [0, 0.1) is 10.8 Å². The minimum Gasteiger partial charge on any atom is -0.367 e. The van der Waals surface area contributed by atoms with Gasteiger partial charge in [-0.1, -0.05) is 59.8 Å². The molecule has 0 atom stereocenters. The van der Waals surface area contributed by atoms with Crippen molar-refractivity contribution in [3.05, 3.63) is 0 Å². The highest BCUT2D eigenvalue weighted by atomic mass is 16.5. The lowest BCUT2D eigenvalue weighted by molar-refractivity contribution is -0.158. The molecule has 2 heteroatoms. The maximum Gasteiger partial charge on any atom is 0.158 e. The van der Waals surface area contributed by atoms with E-state index < -0.39 is 0 Å². The lowest BCUT2D eigenvalue weighted by Crippen LogP contribution is -2.51. The zero-order valence-corrected chi connectivity index (χ0v) is 15.2. The van der Waals surface area contributed by atoms with E-state index >= 15 is 0 Å². The standard InChI is InChI=1S/C19H36O2/c1-17(2)14-12-10-8-7-9-11-13-16(20)15-21-19(5,6)18(17,3)4/h7-15H2,1-6H3. The van der Waals surface area contributed by atoms with Crippen LogP contribution in [0.1, 0.15) is 92.9 Å². The minimum atomic E-state index is -0.295. The fourth-order valence-electron chi connectivity index (χ4n) is 3.24. The molecule has 0 bridgehead atoms. The van der Waals surface area contributed by atoms with Crippen molar-refractivity contribution in [1.82, 2.24) is 0 Å². The number of hydrogen-bond donors (Lipinski definition) is 0. The number of carbonyl (C=O) groups excluding carboxylic acids is 1. The molecule has 0 spiro atoms. The summed E-state index contributed by atoms with van der Waals surface area (Å²) in [5.74, 6) is 0.258. The van der Waals surface area contributed by atoms with E-state index in [1.165, 1.54) is 38.5 Å². The van der Waals surface area contributed by atoms with Crippen LogP contribution in [-0.2, 0) is 9.53 Å². The van der Waals surface area contributed by atoms with Crippen molar-refractivity contribution < 1.29 is 9.53 Å². The Labute approximate surface area is 132 Å². The number of carbonyl (C=O) groups is 1. The number of hydrogen-bond acceptors (Lipinski definition) is 2. The fraction of sp³-hybridized carbons (Fsp3) is 0.947. The van der Waals surface area contributed by atoms with Crippen molar-refractivity contribution in [3.63, 3.8) is 0 Å². The van der Waals surface area contributed by atoms with Crippen molar-refractivity contribution in [2.75, 3.05) is 6.61 Å². The minimum absolute atomic E-state index is 0.0183. The molecule has 0 amide bonds. The third kappa shape index (κ3) is 4.81. The highest BCUT2D eigenvalue weighted by Crippen LogP contribution is 2.50. The summed E-state index contributed by atoms with van der Waals surface area (Å²) in [6.07, 6.45) is 9.30. The van der Waals surface area contributed by atoms with Gasteiger partial charge in [-0.3, -0.25) is 4.79 Å². The molecule has 1 aliphatic heterocycles. The van der Waals surface area contributed by atoms with Gasteiger partial charge >= 0.3 is 0 Å². The highest BCUT2D eigenvalue weighted by Gasteiger charge is 2.48. The van der Waals surface area contributed by atoms with Gasteiger partial charge in [0.25, 0.3) is 0 Å². The Balaban J connectivity index is 2.85. The van der Waals surface area contributed by atoms with E-state index in [1.807, 2.05) is 0 Å². The van der Waals surface area contributed by atoms with Crippen molar-refractivity contribution in [2.45, 2.75) is 98.5 Å². The smallest absolute Gasteiger partial charge is 0.158 e. The van der Waals surface area contributed by atoms with E-state index in [0.717, 1.165) is 6.42 Å². The quantitative estimate of drug-likeness (QED) is 0.587. The second-order valence-electron chi connectivity index (χ2n) is 8.47. The van der Waals surface area contributed by atoms with E-state index in [1.54, 1.807) is 0 Å². The average molecular weight is 296 g/mol. The van der Waals surface area contributed by atoms with Crippen LogP contribution in [0.4, 0.5) is 0 Å². The molecule has 1 heterocycles. The molecule has 2 nitrogen and oxygen atoms in total. The molecular weight excluding hydrogens is 260 g/mol. The Morgan fingerprint density at radius 2 is 1.33 bits per heavy atom. The van der Waals surface area contributed by atoms with Crippen LogP contribution in [0.2, 0.25) is 0 Å². The summed E-state index contributed by atoms with van der Waals surface area (Å²) in [5.41, 5.74) is -0.0790. The molecule has 1 rings (SSSR count). The SMILES string of the molecule is CC1(C)CCCCCCCCC(=O)COC(C)(C)C1(C)C. The first-order valence-corrected chi connectivity index (χ1v) is 8.76. The van der Waals surface area contributed by atoms with Gasteiger partial charge in [-0.15, -0.1) is 0 Å². The largest absolute Gasteiger partial charge is 0.367 e. The Hall–Kier alpha value is -0.370. The van der Waals surface area contributed by atoms with Gasteiger partial charge in [0, 0.05) is 6.42 Å².